The fourth-order valence-corrected chi connectivity index (χ4v) is 1.35. The Kier molecular flexibility index (Phi) is 11.5. The fraction of sp³-hybridized carbons (Fsp3) is 1.00. The van der Waals surface area contributed by atoms with Gasteiger partial charge in [-0.25, -0.2) is 0 Å². The highest BCUT2D eigenvalue weighted by molar-refractivity contribution is 5.85. The van der Waals surface area contributed by atoms with Gasteiger partial charge in [-0.2, -0.15) is 0 Å². The highest BCUT2D eigenvalue weighted by atomic mass is 35.5. The standard InChI is InChI=1S/C10H23N.ClH/c1-5-6-7-8-10(4)11-9(2)3;/h9-11H,5-8H2,1-4H3;1H. The summed E-state index contributed by atoms with van der Waals surface area (Å²) in [5, 5.41) is 3.50. The summed E-state index contributed by atoms with van der Waals surface area (Å²) in [6.45, 7) is 8.93. The molecule has 0 saturated heterocycles. The summed E-state index contributed by atoms with van der Waals surface area (Å²) in [6, 6.07) is 1.33. The normalized spacial score (nSPS) is 12.8. The van der Waals surface area contributed by atoms with E-state index in [1.54, 1.807) is 0 Å². The Balaban J connectivity index is 0. The predicted octanol–water partition coefficient (Wildman–Crippen LogP) is 3.38. The van der Waals surface area contributed by atoms with Gasteiger partial charge in [-0.05, 0) is 13.3 Å². The molecule has 1 unspecified atom stereocenters. The van der Waals surface area contributed by atoms with E-state index in [4.69, 9.17) is 0 Å². The van der Waals surface area contributed by atoms with E-state index in [0.717, 1.165) is 0 Å². The first-order valence-electron chi connectivity index (χ1n) is 4.92. The van der Waals surface area contributed by atoms with Crippen molar-refractivity contribution in [3.05, 3.63) is 0 Å². The summed E-state index contributed by atoms with van der Waals surface area (Å²) in [6.07, 6.45) is 5.40. The molecule has 0 rings (SSSR count). The van der Waals surface area contributed by atoms with E-state index < -0.39 is 0 Å². The Hall–Kier alpha value is 0.250. The van der Waals surface area contributed by atoms with Gasteiger partial charge in [-0.1, -0.05) is 40.0 Å². The van der Waals surface area contributed by atoms with Crippen LogP contribution in [0.3, 0.4) is 0 Å². The van der Waals surface area contributed by atoms with Gasteiger partial charge in [-0.3, -0.25) is 0 Å². The van der Waals surface area contributed by atoms with Gasteiger partial charge in [0.25, 0.3) is 0 Å². The summed E-state index contributed by atoms with van der Waals surface area (Å²) < 4.78 is 0. The third-order valence-electron chi connectivity index (χ3n) is 1.86. The van der Waals surface area contributed by atoms with E-state index in [0.29, 0.717) is 12.1 Å². The maximum atomic E-state index is 3.50. The van der Waals surface area contributed by atoms with Crippen LogP contribution in [-0.4, -0.2) is 12.1 Å². The number of hydrogen-bond donors (Lipinski definition) is 1. The van der Waals surface area contributed by atoms with Crippen molar-refractivity contribution in [2.24, 2.45) is 0 Å². The van der Waals surface area contributed by atoms with Crippen LogP contribution in [0.4, 0.5) is 0 Å². The van der Waals surface area contributed by atoms with Crippen molar-refractivity contribution in [1.29, 1.82) is 0 Å². The number of halogens is 1. The average Bonchev–Trinajstić information content (AvgIpc) is 1.86. The van der Waals surface area contributed by atoms with Crippen molar-refractivity contribution in [2.75, 3.05) is 0 Å². The SMILES string of the molecule is CCCCCC(C)NC(C)C.Cl. The molecule has 0 saturated carbocycles. The number of hydrogen-bond acceptors (Lipinski definition) is 1. The summed E-state index contributed by atoms with van der Waals surface area (Å²) in [5.74, 6) is 0. The molecule has 0 aliphatic heterocycles. The van der Waals surface area contributed by atoms with Crippen molar-refractivity contribution in [2.45, 2.75) is 65.5 Å². The number of unbranched alkanes of at least 4 members (excludes halogenated alkanes) is 2. The van der Waals surface area contributed by atoms with Crippen molar-refractivity contribution in [3.63, 3.8) is 0 Å². The minimum absolute atomic E-state index is 0. The zero-order valence-electron chi connectivity index (χ0n) is 8.89. The van der Waals surface area contributed by atoms with Crippen molar-refractivity contribution in [3.8, 4) is 0 Å². The van der Waals surface area contributed by atoms with Crippen LogP contribution in [0.1, 0.15) is 53.4 Å². The fourth-order valence-electron chi connectivity index (χ4n) is 1.35. The second-order valence-corrected chi connectivity index (χ2v) is 3.72. The molecular weight excluding hydrogens is 170 g/mol. The van der Waals surface area contributed by atoms with E-state index in [-0.39, 0.29) is 12.4 Å². The minimum atomic E-state index is 0. The van der Waals surface area contributed by atoms with Gasteiger partial charge >= 0.3 is 0 Å². The van der Waals surface area contributed by atoms with E-state index in [9.17, 15) is 0 Å². The molecule has 0 radical (unpaired) electrons. The topological polar surface area (TPSA) is 12.0 Å². The molecule has 0 heterocycles. The van der Waals surface area contributed by atoms with Gasteiger partial charge < -0.3 is 5.32 Å². The van der Waals surface area contributed by atoms with E-state index in [1.165, 1.54) is 25.7 Å². The first-order chi connectivity index (χ1) is 5.16. The summed E-state index contributed by atoms with van der Waals surface area (Å²) in [4.78, 5) is 0. The van der Waals surface area contributed by atoms with Crippen molar-refractivity contribution < 1.29 is 0 Å². The zero-order valence-corrected chi connectivity index (χ0v) is 9.71. The molecule has 0 amide bonds. The maximum Gasteiger partial charge on any atom is 0.00410 e. The molecule has 0 aromatic rings. The largest absolute Gasteiger partial charge is 0.312 e. The lowest BCUT2D eigenvalue weighted by Crippen LogP contribution is -2.32. The van der Waals surface area contributed by atoms with Gasteiger partial charge in [0, 0.05) is 12.1 Å². The van der Waals surface area contributed by atoms with E-state index in [2.05, 4.69) is 33.0 Å². The maximum absolute atomic E-state index is 3.50. The number of nitrogens with one attached hydrogen (secondary N) is 1. The molecule has 0 aliphatic rings. The molecule has 0 aliphatic carbocycles. The molecule has 1 atom stereocenters. The van der Waals surface area contributed by atoms with Crippen LogP contribution in [-0.2, 0) is 0 Å². The van der Waals surface area contributed by atoms with Crippen LogP contribution in [0, 0.1) is 0 Å². The van der Waals surface area contributed by atoms with E-state index in [1.807, 2.05) is 0 Å². The Morgan fingerprint density at radius 2 is 1.67 bits per heavy atom. The van der Waals surface area contributed by atoms with Gasteiger partial charge in [-0.15, -0.1) is 12.4 Å². The molecule has 0 aromatic heterocycles. The quantitative estimate of drug-likeness (QED) is 0.638. The van der Waals surface area contributed by atoms with Crippen LogP contribution in [0.5, 0.6) is 0 Å². The Bertz CT molecular complexity index is 83.9. The minimum Gasteiger partial charge on any atom is -0.312 e. The van der Waals surface area contributed by atoms with Gasteiger partial charge in [0.1, 0.15) is 0 Å². The second kappa shape index (κ2) is 9.34. The van der Waals surface area contributed by atoms with Crippen molar-refractivity contribution >= 4 is 12.4 Å². The highest BCUT2D eigenvalue weighted by Gasteiger charge is 2.01. The molecule has 0 spiro atoms. The van der Waals surface area contributed by atoms with Gasteiger partial charge in [0.2, 0.25) is 0 Å². The van der Waals surface area contributed by atoms with Crippen LogP contribution >= 0.6 is 12.4 Å². The Morgan fingerprint density at radius 1 is 1.08 bits per heavy atom. The Labute approximate surface area is 83.7 Å². The highest BCUT2D eigenvalue weighted by Crippen LogP contribution is 2.03. The molecule has 0 fully saturated rings. The lowest BCUT2D eigenvalue weighted by Gasteiger charge is -2.16. The Morgan fingerprint density at radius 3 is 2.08 bits per heavy atom. The first kappa shape index (κ1) is 14.8. The molecule has 0 bridgehead atoms. The lowest BCUT2D eigenvalue weighted by atomic mass is 10.1. The monoisotopic (exact) mass is 193 g/mol. The predicted molar refractivity (Wildman–Crippen MR) is 59.1 cm³/mol. The third kappa shape index (κ3) is 10.2. The molecule has 0 aromatic carbocycles. The zero-order chi connectivity index (χ0) is 8.69. The summed E-state index contributed by atoms with van der Waals surface area (Å²) >= 11 is 0. The average molecular weight is 194 g/mol. The molecule has 12 heavy (non-hydrogen) atoms. The van der Waals surface area contributed by atoms with Gasteiger partial charge in [0.05, 0.1) is 0 Å². The van der Waals surface area contributed by atoms with Crippen molar-refractivity contribution in [1.82, 2.24) is 5.32 Å². The molecule has 1 N–H and O–H groups in total. The van der Waals surface area contributed by atoms with Crippen LogP contribution in [0.15, 0.2) is 0 Å². The second-order valence-electron chi connectivity index (χ2n) is 3.72. The van der Waals surface area contributed by atoms with E-state index >= 15 is 0 Å². The molecule has 1 nitrogen and oxygen atoms in total. The first-order valence-corrected chi connectivity index (χ1v) is 4.92. The van der Waals surface area contributed by atoms with Crippen LogP contribution < -0.4 is 5.32 Å². The van der Waals surface area contributed by atoms with Crippen LogP contribution in [0.25, 0.3) is 0 Å². The third-order valence-corrected chi connectivity index (χ3v) is 1.86. The lowest BCUT2D eigenvalue weighted by molar-refractivity contribution is 0.448. The number of rotatable bonds is 6. The van der Waals surface area contributed by atoms with Crippen LogP contribution in [0.2, 0.25) is 0 Å². The smallest absolute Gasteiger partial charge is 0.00410 e. The molecular formula is C10H24ClN. The summed E-state index contributed by atoms with van der Waals surface area (Å²) in [7, 11) is 0. The molecule has 76 valence electrons. The van der Waals surface area contributed by atoms with Gasteiger partial charge in [0.15, 0.2) is 0 Å². The summed E-state index contributed by atoms with van der Waals surface area (Å²) in [5.41, 5.74) is 0. The molecule has 2 heteroatoms.